The number of nitrogens with two attached hydrogens (primary N) is 1. The van der Waals surface area contributed by atoms with Crippen molar-refractivity contribution in [1.82, 2.24) is 10.2 Å². The number of piperazine rings is 1. The molecule has 0 unspecified atom stereocenters. The quantitative estimate of drug-likeness (QED) is 0.756. The van der Waals surface area contributed by atoms with Gasteiger partial charge >= 0.3 is 6.03 Å². The van der Waals surface area contributed by atoms with Gasteiger partial charge in [0.2, 0.25) is 11.8 Å². The molecule has 0 aromatic heterocycles. The first-order chi connectivity index (χ1) is 11.5. The summed E-state index contributed by atoms with van der Waals surface area (Å²) in [5.41, 5.74) is 5.85. The number of amides is 4. The molecular weight excluding hydrogens is 332 g/mol. The fourth-order valence-electron chi connectivity index (χ4n) is 3.39. The number of primary amides is 1. The molecule has 24 heavy (non-hydrogen) atoms. The molecule has 2 atom stereocenters. The van der Waals surface area contributed by atoms with E-state index in [1.54, 1.807) is 11.0 Å². The highest BCUT2D eigenvalue weighted by molar-refractivity contribution is 6.34. The number of anilines is 1. The maximum atomic E-state index is 12.6. The standard InChI is InChI=1S/C16H19ClN4O3/c17-11-7-9(5-6-10(11)15(18)23)19-16(24)21-8-14(22)20-12-3-1-2-4-13(12)21/h5-7,12-13H,1-4,8H2,(H2,18,23)(H,19,24)(H,20,22)/t12-,13-/m0/s1. The van der Waals surface area contributed by atoms with Crippen LogP contribution in [0.3, 0.4) is 0 Å². The van der Waals surface area contributed by atoms with Gasteiger partial charge in [0.1, 0.15) is 6.54 Å². The molecule has 1 aliphatic carbocycles. The zero-order valence-corrected chi connectivity index (χ0v) is 13.8. The lowest BCUT2D eigenvalue weighted by molar-refractivity contribution is -0.126. The molecular formula is C16H19ClN4O3. The lowest BCUT2D eigenvalue weighted by Gasteiger charge is -2.43. The van der Waals surface area contributed by atoms with Crippen molar-refractivity contribution in [3.05, 3.63) is 28.8 Å². The van der Waals surface area contributed by atoms with E-state index in [0.717, 1.165) is 25.7 Å². The Balaban J connectivity index is 1.75. The molecule has 1 saturated heterocycles. The van der Waals surface area contributed by atoms with Crippen molar-refractivity contribution in [3.8, 4) is 0 Å². The Labute approximate surface area is 144 Å². The van der Waals surface area contributed by atoms with Crippen LogP contribution >= 0.6 is 11.6 Å². The maximum Gasteiger partial charge on any atom is 0.322 e. The number of carbonyl (C=O) groups excluding carboxylic acids is 3. The van der Waals surface area contributed by atoms with Crippen molar-refractivity contribution in [2.24, 2.45) is 5.73 Å². The van der Waals surface area contributed by atoms with Crippen molar-refractivity contribution in [1.29, 1.82) is 0 Å². The lowest BCUT2D eigenvalue weighted by atomic mass is 9.87. The van der Waals surface area contributed by atoms with Gasteiger partial charge in [0.05, 0.1) is 16.6 Å². The fraction of sp³-hybridized carbons (Fsp3) is 0.438. The first-order valence-corrected chi connectivity index (χ1v) is 8.30. The fourth-order valence-corrected chi connectivity index (χ4v) is 3.66. The molecule has 2 fully saturated rings. The van der Waals surface area contributed by atoms with Gasteiger partial charge in [-0.05, 0) is 31.0 Å². The Hall–Kier alpha value is -2.28. The molecule has 4 amide bonds. The SMILES string of the molecule is NC(=O)c1ccc(NC(=O)N2CC(=O)N[C@H]3CCCC[C@@H]32)cc1Cl. The number of halogens is 1. The van der Waals surface area contributed by atoms with Crippen LogP contribution in [0.1, 0.15) is 36.0 Å². The van der Waals surface area contributed by atoms with Crippen LogP contribution in [0.5, 0.6) is 0 Å². The van der Waals surface area contributed by atoms with Gasteiger partial charge in [-0.15, -0.1) is 0 Å². The van der Waals surface area contributed by atoms with E-state index in [2.05, 4.69) is 10.6 Å². The van der Waals surface area contributed by atoms with Crippen molar-refractivity contribution in [3.63, 3.8) is 0 Å². The molecule has 1 saturated carbocycles. The summed E-state index contributed by atoms with van der Waals surface area (Å²) >= 11 is 6.00. The molecule has 3 rings (SSSR count). The molecule has 1 aromatic rings. The van der Waals surface area contributed by atoms with Gasteiger partial charge in [0, 0.05) is 11.7 Å². The van der Waals surface area contributed by atoms with E-state index in [9.17, 15) is 14.4 Å². The average molecular weight is 351 g/mol. The monoisotopic (exact) mass is 350 g/mol. The van der Waals surface area contributed by atoms with Crippen LogP contribution in [-0.4, -0.2) is 41.4 Å². The predicted molar refractivity (Wildman–Crippen MR) is 89.9 cm³/mol. The van der Waals surface area contributed by atoms with Gasteiger partial charge in [-0.25, -0.2) is 4.79 Å². The van der Waals surface area contributed by atoms with E-state index in [4.69, 9.17) is 17.3 Å². The molecule has 1 heterocycles. The number of hydrogen-bond acceptors (Lipinski definition) is 3. The van der Waals surface area contributed by atoms with E-state index in [0.29, 0.717) is 5.69 Å². The number of urea groups is 1. The lowest BCUT2D eigenvalue weighted by Crippen LogP contribution is -2.63. The van der Waals surface area contributed by atoms with Crippen LogP contribution in [0.4, 0.5) is 10.5 Å². The average Bonchev–Trinajstić information content (AvgIpc) is 2.53. The number of benzene rings is 1. The topological polar surface area (TPSA) is 105 Å². The molecule has 1 aromatic carbocycles. The van der Waals surface area contributed by atoms with E-state index in [-0.39, 0.29) is 41.2 Å². The highest BCUT2D eigenvalue weighted by Crippen LogP contribution is 2.27. The predicted octanol–water partition coefficient (Wildman–Crippen LogP) is 1.71. The van der Waals surface area contributed by atoms with Gasteiger partial charge in [0.25, 0.3) is 0 Å². The van der Waals surface area contributed by atoms with Crippen LogP contribution < -0.4 is 16.4 Å². The zero-order valence-electron chi connectivity index (χ0n) is 13.0. The van der Waals surface area contributed by atoms with Crippen molar-refractivity contribution in [2.45, 2.75) is 37.8 Å². The molecule has 0 radical (unpaired) electrons. The Morgan fingerprint density at radius 3 is 2.75 bits per heavy atom. The van der Waals surface area contributed by atoms with Gasteiger partial charge in [0.15, 0.2) is 0 Å². The Morgan fingerprint density at radius 1 is 1.29 bits per heavy atom. The summed E-state index contributed by atoms with van der Waals surface area (Å²) in [6.07, 6.45) is 3.86. The van der Waals surface area contributed by atoms with Gasteiger partial charge in [-0.3, -0.25) is 9.59 Å². The molecule has 0 spiro atoms. The Kier molecular flexibility index (Phi) is 4.62. The van der Waals surface area contributed by atoms with Crippen molar-refractivity contribution < 1.29 is 14.4 Å². The number of nitrogens with zero attached hydrogens (tertiary/aromatic N) is 1. The normalized spacial score (nSPS) is 23.2. The van der Waals surface area contributed by atoms with Gasteiger partial charge in [-0.2, -0.15) is 0 Å². The first kappa shape index (κ1) is 16.6. The third kappa shape index (κ3) is 3.31. The van der Waals surface area contributed by atoms with Crippen LogP contribution in [0.15, 0.2) is 18.2 Å². The van der Waals surface area contributed by atoms with Gasteiger partial charge in [-0.1, -0.05) is 24.4 Å². The van der Waals surface area contributed by atoms with Crippen LogP contribution in [0.2, 0.25) is 5.02 Å². The highest BCUT2D eigenvalue weighted by Gasteiger charge is 2.38. The van der Waals surface area contributed by atoms with E-state index >= 15 is 0 Å². The van der Waals surface area contributed by atoms with Crippen molar-refractivity contribution >= 4 is 35.1 Å². The van der Waals surface area contributed by atoms with E-state index < -0.39 is 5.91 Å². The number of fused-ring (bicyclic) bond motifs is 1. The number of rotatable bonds is 2. The minimum Gasteiger partial charge on any atom is -0.366 e. The molecule has 2 aliphatic rings. The summed E-state index contributed by atoms with van der Waals surface area (Å²) in [5, 5.41) is 5.88. The van der Waals surface area contributed by atoms with Crippen LogP contribution in [0.25, 0.3) is 0 Å². The molecule has 1 aliphatic heterocycles. The summed E-state index contributed by atoms with van der Waals surface area (Å²) in [7, 11) is 0. The van der Waals surface area contributed by atoms with Crippen LogP contribution in [0, 0.1) is 0 Å². The summed E-state index contributed by atoms with van der Waals surface area (Å²) in [6, 6.07) is 4.19. The second-order valence-electron chi connectivity index (χ2n) is 6.14. The largest absolute Gasteiger partial charge is 0.366 e. The van der Waals surface area contributed by atoms with E-state index in [1.807, 2.05) is 0 Å². The molecule has 4 N–H and O–H groups in total. The number of carbonyl (C=O) groups is 3. The third-order valence-electron chi connectivity index (χ3n) is 4.54. The molecule has 8 heteroatoms. The zero-order chi connectivity index (χ0) is 17.3. The minimum absolute atomic E-state index is 0.0109. The second-order valence-corrected chi connectivity index (χ2v) is 6.55. The smallest absolute Gasteiger partial charge is 0.322 e. The highest BCUT2D eigenvalue weighted by atomic mass is 35.5. The van der Waals surface area contributed by atoms with E-state index in [1.165, 1.54) is 12.1 Å². The van der Waals surface area contributed by atoms with Gasteiger partial charge < -0.3 is 21.3 Å². The molecule has 0 bridgehead atoms. The molecule has 7 nitrogen and oxygen atoms in total. The summed E-state index contributed by atoms with van der Waals surface area (Å²) < 4.78 is 0. The van der Waals surface area contributed by atoms with Crippen molar-refractivity contribution in [2.75, 3.05) is 11.9 Å². The second kappa shape index (κ2) is 6.68. The first-order valence-electron chi connectivity index (χ1n) is 7.92. The molecule has 128 valence electrons. The minimum atomic E-state index is -0.629. The number of nitrogens with one attached hydrogen (secondary N) is 2. The maximum absolute atomic E-state index is 12.6. The van der Waals surface area contributed by atoms with Crippen LogP contribution in [-0.2, 0) is 4.79 Å². The summed E-state index contributed by atoms with van der Waals surface area (Å²) in [5.74, 6) is -0.772. The Bertz CT molecular complexity index is 694. The number of hydrogen-bond donors (Lipinski definition) is 3. The Morgan fingerprint density at radius 2 is 2.04 bits per heavy atom. The third-order valence-corrected chi connectivity index (χ3v) is 4.85. The summed E-state index contributed by atoms with van der Waals surface area (Å²) in [4.78, 5) is 37.2. The summed E-state index contributed by atoms with van der Waals surface area (Å²) in [6.45, 7) is 0.0418.